The smallest absolute Gasteiger partial charge is 0.270 e. The summed E-state index contributed by atoms with van der Waals surface area (Å²) < 4.78 is 5.23. The summed E-state index contributed by atoms with van der Waals surface area (Å²) in [4.78, 5) is 22.9. The van der Waals surface area contributed by atoms with E-state index in [-0.39, 0.29) is 5.91 Å². The Kier molecular flexibility index (Phi) is 7.35. The van der Waals surface area contributed by atoms with Crippen molar-refractivity contribution in [1.82, 2.24) is 20.2 Å². The Morgan fingerprint density at radius 1 is 1.19 bits per heavy atom. The Bertz CT molecular complexity index is 734. The minimum Gasteiger partial charge on any atom is -0.497 e. The minimum absolute atomic E-state index is 0.187. The van der Waals surface area contributed by atoms with E-state index >= 15 is 0 Å². The molecule has 0 bridgehead atoms. The normalized spacial score (nSPS) is 10.7. The number of methoxy groups -OCH3 is 1. The first-order valence-corrected chi connectivity index (χ1v) is 8.63. The third kappa shape index (κ3) is 6.33. The average Bonchev–Trinajstić information content (AvgIpc) is 2.61. The topological polar surface area (TPSA) is 79.4 Å². The van der Waals surface area contributed by atoms with Gasteiger partial charge >= 0.3 is 0 Å². The first-order chi connectivity index (χ1) is 12.5. The van der Waals surface area contributed by atoms with E-state index in [2.05, 4.69) is 20.6 Å². The molecule has 1 aromatic heterocycles. The van der Waals surface area contributed by atoms with Crippen molar-refractivity contribution < 1.29 is 9.53 Å². The highest BCUT2D eigenvalue weighted by Crippen LogP contribution is 2.13. The lowest BCUT2D eigenvalue weighted by Gasteiger charge is -2.11. The number of carbonyl (C=O) groups excluding carboxylic acids is 1. The molecule has 26 heavy (non-hydrogen) atoms. The van der Waals surface area contributed by atoms with Gasteiger partial charge in [0.15, 0.2) is 0 Å². The van der Waals surface area contributed by atoms with E-state index in [1.165, 1.54) is 0 Å². The molecule has 0 spiro atoms. The fourth-order valence-corrected chi connectivity index (χ4v) is 2.39. The van der Waals surface area contributed by atoms with E-state index in [4.69, 9.17) is 4.74 Å². The molecule has 140 valence electrons. The molecule has 2 rings (SSSR count). The van der Waals surface area contributed by atoms with Crippen molar-refractivity contribution in [2.45, 2.75) is 13.3 Å². The van der Waals surface area contributed by atoms with Crippen LogP contribution in [0.1, 0.15) is 21.7 Å². The number of hydrogen-bond acceptors (Lipinski definition) is 6. The standard InChI is InChI=1S/C19H27N5O2/c1-14-12-17(18(25)20-10-11-24(2)3)23-19(22-14)21-9-8-15-6-5-7-16(13-15)26-4/h5-7,12-13H,8-11H2,1-4H3,(H,20,25)(H,21,22,23). The van der Waals surface area contributed by atoms with E-state index in [0.717, 1.165) is 30.0 Å². The van der Waals surface area contributed by atoms with Crippen LogP contribution in [0.3, 0.4) is 0 Å². The summed E-state index contributed by atoms with van der Waals surface area (Å²) in [5, 5.41) is 6.06. The lowest BCUT2D eigenvalue weighted by Crippen LogP contribution is -2.32. The molecular weight excluding hydrogens is 330 g/mol. The van der Waals surface area contributed by atoms with Gasteiger partial charge in [-0.2, -0.15) is 0 Å². The van der Waals surface area contributed by atoms with Crippen molar-refractivity contribution in [3.8, 4) is 5.75 Å². The van der Waals surface area contributed by atoms with Crippen LogP contribution in [0, 0.1) is 6.92 Å². The van der Waals surface area contributed by atoms with Gasteiger partial charge in [0.1, 0.15) is 11.4 Å². The van der Waals surface area contributed by atoms with Gasteiger partial charge in [-0.05, 0) is 51.2 Å². The zero-order chi connectivity index (χ0) is 18.9. The Hall–Kier alpha value is -2.67. The molecule has 0 unspecified atom stereocenters. The molecule has 1 aromatic carbocycles. The first-order valence-electron chi connectivity index (χ1n) is 8.63. The number of nitrogens with one attached hydrogen (secondary N) is 2. The minimum atomic E-state index is -0.187. The maximum absolute atomic E-state index is 12.2. The quantitative estimate of drug-likeness (QED) is 0.712. The summed E-state index contributed by atoms with van der Waals surface area (Å²) in [5.41, 5.74) is 2.29. The zero-order valence-corrected chi connectivity index (χ0v) is 15.9. The van der Waals surface area contributed by atoms with Crippen LogP contribution >= 0.6 is 0 Å². The molecule has 0 saturated carbocycles. The summed E-state index contributed by atoms with van der Waals surface area (Å²) in [5.74, 6) is 1.12. The van der Waals surface area contributed by atoms with Crippen LogP contribution < -0.4 is 15.4 Å². The second-order valence-corrected chi connectivity index (χ2v) is 6.31. The molecule has 0 aliphatic heterocycles. The first kappa shape index (κ1) is 19.7. The van der Waals surface area contributed by atoms with Gasteiger partial charge in [0.2, 0.25) is 5.95 Å². The number of aryl methyl sites for hydroxylation is 1. The van der Waals surface area contributed by atoms with E-state index in [0.29, 0.717) is 24.7 Å². The highest BCUT2D eigenvalue weighted by Gasteiger charge is 2.10. The van der Waals surface area contributed by atoms with Crippen LogP contribution in [-0.4, -0.2) is 61.6 Å². The highest BCUT2D eigenvalue weighted by molar-refractivity contribution is 5.92. The average molecular weight is 357 g/mol. The molecule has 0 radical (unpaired) electrons. The number of ether oxygens (including phenoxy) is 1. The van der Waals surface area contributed by atoms with Crippen LogP contribution in [0.15, 0.2) is 30.3 Å². The van der Waals surface area contributed by atoms with Gasteiger partial charge in [-0.25, -0.2) is 9.97 Å². The lowest BCUT2D eigenvalue weighted by molar-refractivity contribution is 0.0946. The third-order valence-electron chi connectivity index (χ3n) is 3.76. The van der Waals surface area contributed by atoms with Gasteiger partial charge in [-0.3, -0.25) is 4.79 Å². The van der Waals surface area contributed by atoms with Crippen LogP contribution in [-0.2, 0) is 6.42 Å². The number of anilines is 1. The molecule has 2 N–H and O–H groups in total. The molecule has 7 nitrogen and oxygen atoms in total. The number of benzene rings is 1. The zero-order valence-electron chi connectivity index (χ0n) is 15.9. The van der Waals surface area contributed by atoms with Crippen LogP contribution in [0.5, 0.6) is 5.75 Å². The molecule has 2 aromatic rings. The number of rotatable bonds is 9. The lowest BCUT2D eigenvalue weighted by atomic mass is 10.1. The van der Waals surface area contributed by atoms with Gasteiger partial charge in [-0.1, -0.05) is 12.1 Å². The summed E-state index contributed by atoms with van der Waals surface area (Å²) >= 11 is 0. The van der Waals surface area contributed by atoms with Crippen molar-refractivity contribution in [2.75, 3.05) is 46.2 Å². The van der Waals surface area contributed by atoms with Crippen molar-refractivity contribution in [3.63, 3.8) is 0 Å². The number of carbonyl (C=O) groups is 1. The molecule has 0 aliphatic rings. The molecule has 1 amide bonds. The van der Waals surface area contributed by atoms with Crippen molar-refractivity contribution in [1.29, 1.82) is 0 Å². The van der Waals surface area contributed by atoms with Gasteiger partial charge in [0.05, 0.1) is 7.11 Å². The highest BCUT2D eigenvalue weighted by atomic mass is 16.5. The molecule has 0 fully saturated rings. The van der Waals surface area contributed by atoms with Crippen molar-refractivity contribution in [3.05, 3.63) is 47.3 Å². The van der Waals surface area contributed by atoms with Crippen molar-refractivity contribution >= 4 is 11.9 Å². The molecule has 7 heteroatoms. The molecule has 0 atom stereocenters. The largest absolute Gasteiger partial charge is 0.497 e. The molecular formula is C19H27N5O2. The summed E-state index contributed by atoms with van der Waals surface area (Å²) in [6.45, 7) is 3.87. The maximum Gasteiger partial charge on any atom is 0.270 e. The molecule has 0 aliphatic carbocycles. The third-order valence-corrected chi connectivity index (χ3v) is 3.76. The number of amides is 1. The summed E-state index contributed by atoms with van der Waals surface area (Å²) in [7, 11) is 5.58. The Morgan fingerprint density at radius 3 is 2.73 bits per heavy atom. The van der Waals surface area contributed by atoms with Crippen LogP contribution in [0.4, 0.5) is 5.95 Å². The molecule has 0 saturated heterocycles. The number of hydrogen-bond donors (Lipinski definition) is 2. The van der Waals surface area contributed by atoms with Gasteiger partial charge in [0.25, 0.3) is 5.91 Å². The number of aromatic nitrogens is 2. The monoisotopic (exact) mass is 357 g/mol. The van der Waals surface area contributed by atoms with E-state index in [1.54, 1.807) is 13.2 Å². The molecule has 1 heterocycles. The fraction of sp³-hybridized carbons (Fsp3) is 0.421. The van der Waals surface area contributed by atoms with Gasteiger partial charge < -0.3 is 20.3 Å². The SMILES string of the molecule is COc1cccc(CCNc2nc(C)cc(C(=O)NCCN(C)C)n2)c1. The van der Waals surface area contributed by atoms with Crippen molar-refractivity contribution in [2.24, 2.45) is 0 Å². The van der Waals surface area contributed by atoms with Crippen LogP contribution in [0.25, 0.3) is 0 Å². The number of likely N-dealkylation sites (N-methyl/N-ethyl adjacent to an activating group) is 1. The summed E-state index contributed by atoms with van der Waals surface area (Å²) in [6, 6.07) is 9.63. The Labute approximate surface area is 154 Å². The Balaban J connectivity index is 1.92. The second kappa shape index (κ2) is 9.72. The predicted molar refractivity (Wildman–Crippen MR) is 103 cm³/mol. The number of nitrogens with zero attached hydrogens (tertiary/aromatic N) is 3. The summed E-state index contributed by atoms with van der Waals surface area (Å²) in [6.07, 6.45) is 0.804. The maximum atomic E-state index is 12.2. The van der Waals surface area contributed by atoms with Crippen LogP contribution in [0.2, 0.25) is 0 Å². The predicted octanol–water partition coefficient (Wildman–Crippen LogP) is 1.74. The van der Waals surface area contributed by atoms with Gasteiger partial charge in [-0.15, -0.1) is 0 Å². The van der Waals surface area contributed by atoms with E-state index in [1.807, 2.05) is 50.2 Å². The Morgan fingerprint density at radius 2 is 2.00 bits per heavy atom. The second-order valence-electron chi connectivity index (χ2n) is 6.31. The van der Waals surface area contributed by atoms with Gasteiger partial charge in [0, 0.05) is 25.3 Å². The van der Waals surface area contributed by atoms with E-state index < -0.39 is 0 Å². The fourth-order valence-electron chi connectivity index (χ4n) is 2.39. The van der Waals surface area contributed by atoms with E-state index in [9.17, 15) is 4.79 Å².